The Balaban J connectivity index is 2.07. The van der Waals surface area contributed by atoms with E-state index in [0.29, 0.717) is 10.7 Å². The maximum absolute atomic E-state index is 12.5. The van der Waals surface area contributed by atoms with Gasteiger partial charge in [-0.05, 0) is 25.1 Å². The minimum atomic E-state index is -4.66. The van der Waals surface area contributed by atoms with E-state index in [1.165, 1.54) is 31.2 Å². The van der Waals surface area contributed by atoms with Gasteiger partial charge in [-0.25, -0.2) is 4.72 Å². The Labute approximate surface area is 135 Å². The molecule has 0 spiro atoms. The molecule has 1 heterocycles. The number of carbonyl (C=O) groups excluding carboxylic acids is 1. The fraction of sp³-hybridized carbons (Fsp3) is 0.231. The second-order valence-electron chi connectivity index (χ2n) is 4.67. The van der Waals surface area contributed by atoms with Gasteiger partial charge in [0, 0.05) is 6.20 Å². The smallest absolute Gasteiger partial charge is 0.367 e. The van der Waals surface area contributed by atoms with E-state index >= 15 is 0 Å². The lowest BCUT2D eigenvalue weighted by Gasteiger charge is -2.13. The molecule has 0 aliphatic carbocycles. The number of aromatic nitrogens is 2. The van der Waals surface area contributed by atoms with Crippen molar-refractivity contribution in [3.63, 3.8) is 0 Å². The zero-order valence-corrected chi connectivity index (χ0v) is 13.0. The molecule has 0 aliphatic heterocycles. The molecule has 130 valence electrons. The summed E-state index contributed by atoms with van der Waals surface area (Å²) in [5, 5.41) is 3.21. The van der Waals surface area contributed by atoms with E-state index < -0.39 is 34.1 Å². The summed E-state index contributed by atoms with van der Waals surface area (Å²) in [5.41, 5.74) is -1.19. The summed E-state index contributed by atoms with van der Waals surface area (Å²) in [4.78, 5) is 11.9. The first-order chi connectivity index (χ1) is 11.1. The van der Waals surface area contributed by atoms with Crippen LogP contribution < -0.4 is 8.91 Å². The highest BCUT2D eigenvalue weighted by Crippen LogP contribution is 2.27. The van der Waals surface area contributed by atoms with E-state index in [9.17, 15) is 26.4 Å². The molecule has 2 aromatic rings. The van der Waals surface area contributed by atoms with Gasteiger partial charge in [0.05, 0.1) is 0 Å². The topological polar surface area (TPSA) is 90.3 Å². The molecule has 0 saturated heterocycles. The maximum atomic E-state index is 12.5. The Bertz CT molecular complexity index is 818. The van der Waals surface area contributed by atoms with Crippen LogP contribution in [0.5, 0.6) is 5.75 Å². The van der Waals surface area contributed by atoms with Crippen molar-refractivity contribution in [1.29, 1.82) is 0 Å². The van der Waals surface area contributed by atoms with Crippen molar-refractivity contribution in [1.82, 2.24) is 14.5 Å². The molecule has 1 atom stereocenters. The van der Waals surface area contributed by atoms with Gasteiger partial charge in [0.15, 0.2) is 5.69 Å². The largest absolute Gasteiger partial charge is 0.435 e. The van der Waals surface area contributed by atoms with Crippen LogP contribution in [0.25, 0.3) is 0 Å². The molecular weight excluding hydrogens is 351 g/mol. The number of halogens is 3. The lowest BCUT2D eigenvalue weighted by molar-refractivity contribution is -0.142. The van der Waals surface area contributed by atoms with E-state index in [0.717, 1.165) is 6.20 Å². The second-order valence-corrected chi connectivity index (χ2v) is 5.95. The van der Waals surface area contributed by atoms with Crippen molar-refractivity contribution in [3.05, 3.63) is 48.3 Å². The van der Waals surface area contributed by atoms with E-state index in [1.807, 2.05) is 0 Å². The average Bonchev–Trinajstić information content (AvgIpc) is 2.96. The van der Waals surface area contributed by atoms with Crippen LogP contribution in [-0.4, -0.2) is 24.1 Å². The molecule has 1 amide bonds. The lowest BCUT2D eigenvalue weighted by Crippen LogP contribution is -2.38. The van der Waals surface area contributed by atoms with Gasteiger partial charge >= 0.3 is 16.5 Å². The number of hydrogen-bond acceptors (Lipinski definition) is 5. The number of carbonyl (C=O) groups is 1. The Morgan fingerprint density at radius 3 is 2.42 bits per heavy atom. The molecule has 2 rings (SSSR count). The third-order valence-corrected chi connectivity index (χ3v) is 3.71. The highest BCUT2D eigenvalue weighted by Gasteiger charge is 2.34. The number of nitrogens with zero attached hydrogens (tertiary/aromatic N) is 2. The first-order valence-electron chi connectivity index (χ1n) is 6.52. The molecule has 1 N–H and O–H groups in total. The Hall–Kier alpha value is -2.56. The lowest BCUT2D eigenvalue weighted by atomic mass is 10.3. The predicted octanol–water partition coefficient (Wildman–Crippen LogP) is 1.90. The van der Waals surface area contributed by atoms with Gasteiger partial charge < -0.3 is 4.18 Å². The van der Waals surface area contributed by atoms with Crippen LogP contribution in [0.2, 0.25) is 0 Å². The summed E-state index contributed by atoms with van der Waals surface area (Å²) >= 11 is 0. The van der Waals surface area contributed by atoms with Crippen molar-refractivity contribution in [3.8, 4) is 5.75 Å². The quantitative estimate of drug-likeness (QED) is 0.876. The van der Waals surface area contributed by atoms with Crippen LogP contribution in [-0.2, 0) is 21.3 Å². The van der Waals surface area contributed by atoms with Crippen LogP contribution in [0.15, 0.2) is 42.6 Å². The number of nitrogens with one attached hydrogen (secondary N) is 1. The molecule has 11 heteroatoms. The van der Waals surface area contributed by atoms with Gasteiger partial charge in [0.1, 0.15) is 11.8 Å². The van der Waals surface area contributed by atoms with E-state index in [4.69, 9.17) is 0 Å². The van der Waals surface area contributed by atoms with Gasteiger partial charge in [0.2, 0.25) is 0 Å². The molecule has 1 unspecified atom stereocenters. The van der Waals surface area contributed by atoms with Crippen molar-refractivity contribution in [2.75, 3.05) is 0 Å². The van der Waals surface area contributed by atoms with E-state index in [-0.39, 0.29) is 5.75 Å². The van der Waals surface area contributed by atoms with Gasteiger partial charge in [-0.2, -0.15) is 26.7 Å². The van der Waals surface area contributed by atoms with Gasteiger partial charge in [-0.15, -0.1) is 0 Å². The van der Waals surface area contributed by atoms with E-state index in [1.54, 1.807) is 10.8 Å². The number of para-hydroxylation sites is 1. The van der Waals surface area contributed by atoms with Crippen molar-refractivity contribution < 1.29 is 30.6 Å². The first kappa shape index (κ1) is 17.8. The zero-order valence-electron chi connectivity index (χ0n) is 12.2. The standard InChI is InChI=1S/C13H12F3N3O4S/c1-9(19-8-7-11(17-19)13(14,15)16)12(20)18-24(21,22)23-10-5-3-2-4-6-10/h2-9H,1H3,(H,18,20). The van der Waals surface area contributed by atoms with Gasteiger partial charge in [0.25, 0.3) is 5.91 Å². The number of alkyl halides is 3. The first-order valence-corrected chi connectivity index (χ1v) is 7.93. The highest BCUT2D eigenvalue weighted by molar-refractivity contribution is 7.85. The molecule has 0 fully saturated rings. The summed E-state index contributed by atoms with van der Waals surface area (Å²) in [6.45, 7) is 1.19. The van der Waals surface area contributed by atoms with Crippen LogP contribution in [0.3, 0.4) is 0 Å². The molecule has 1 aromatic carbocycles. The maximum Gasteiger partial charge on any atom is 0.435 e. The summed E-state index contributed by atoms with van der Waals surface area (Å²) < 4.78 is 67.9. The molecule has 24 heavy (non-hydrogen) atoms. The summed E-state index contributed by atoms with van der Waals surface area (Å²) in [6.07, 6.45) is -3.73. The van der Waals surface area contributed by atoms with Crippen molar-refractivity contribution >= 4 is 16.2 Å². The summed E-state index contributed by atoms with van der Waals surface area (Å²) in [7, 11) is -4.47. The summed E-state index contributed by atoms with van der Waals surface area (Å²) in [6, 6.07) is 6.78. The van der Waals surface area contributed by atoms with Crippen LogP contribution in [0.1, 0.15) is 18.7 Å². The van der Waals surface area contributed by atoms with E-state index in [2.05, 4.69) is 9.28 Å². The van der Waals surface area contributed by atoms with Crippen LogP contribution >= 0.6 is 0 Å². The predicted molar refractivity (Wildman–Crippen MR) is 76.1 cm³/mol. The second kappa shape index (κ2) is 6.51. The third kappa shape index (κ3) is 4.47. The molecule has 0 radical (unpaired) electrons. The fourth-order valence-electron chi connectivity index (χ4n) is 1.66. The van der Waals surface area contributed by atoms with Crippen LogP contribution in [0.4, 0.5) is 13.2 Å². The van der Waals surface area contributed by atoms with Crippen molar-refractivity contribution in [2.24, 2.45) is 0 Å². The molecule has 7 nitrogen and oxygen atoms in total. The molecule has 0 saturated carbocycles. The third-order valence-electron chi connectivity index (χ3n) is 2.85. The normalized spacial score (nSPS) is 13.3. The zero-order chi connectivity index (χ0) is 18.0. The molecular formula is C13H12F3N3O4S. The summed E-state index contributed by atoms with van der Waals surface area (Å²) in [5.74, 6) is -1.12. The van der Waals surface area contributed by atoms with Gasteiger partial charge in [-0.3, -0.25) is 9.48 Å². The minimum Gasteiger partial charge on any atom is -0.367 e. The Kier molecular flexibility index (Phi) is 4.83. The average molecular weight is 363 g/mol. The fourth-order valence-corrected chi connectivity index (χ4v) is 2.48. The Morgan fingerprint density at radius 2 is 1.88 bits per heavy atom. The number of hydrogen-bond donors (Lipinski definition) is 1. The Morgan fingerprint density at radius 1 is 1.25 bits per heavy atom. The minimum absolute atomic E-state index is 0.0242. The van der Waals surface area contributed by atoms with Crippen molar-refractivity contribution in [2.45, 2.75) is 19.1 Å². The highest BCUT2D eigenvalue weighted by atomic mass is 32.2. The SMILES string of the molecule is CC(C(=O)NS(=O)(=O)Oc1ccccc1)n1ccc(C(F)(F)F)n1. The molecule has 0 aliphatic rings. The van der Waals surface area contributed by atoms with Crippen LogP contribution in [0, 0.1) is 0 Å². The molecule has 1 aromatic heterocycles. The number of benzene rings is 1. The number of rotatable bonds is 5. The molecule has 0 bridgehead atoms. The van der Waals surface area contributed by atoms with Gasteiger partial charge in [-0.1, -0.05) is 18.2 Å². The number of amides is 1. The monoisotopic (exact) mass is 363 g/mol.